The monoisotopic (exact) mass is 1610 g/mol. The standard InChI is InChI=1S/C73H86F10N11O17P/c1-39-21-45(27-58(96)92-34-49(106-8)28-54(92)64(99)100)60(56(22-39)111-112(103,104)105)69(2,3)29-59(97)110-57(36-91(89-63(98)62(87-68(102)108-10)71(6,7)73(81,82)83)35-50-51(74)24-43(25-52(50)75)53-19-20-93(88-53)65(76)77)44(26-55(95)61(86-67(101)107-9)70(4,5)72(78,79)80)23-41-14-11-40(12-15-41)13-16-42-30-84-66(85-31-42)90-32-46-17-18-47(33-90)94(46)48-37-109-38-48/h11-12,14-15,19-22,24-25,30-31,44,46-49,54,57,61-62,65H,17-18,23,26-29,32-38H2,1-10H3,(H,86,101)(H,87,102)(H,89,98)(H,99,100)(H2,103,104,105)/t44-,46?,47?,49-,54+,57+,61-,62-/m1/s1. The van der Waals surface area contributed by atoms with Crippen LogP contribution < -0.4 is 25.5 Å². The highest BCUT2D eigenvalue weighted by Gasteiger charge is 2.58. The highest BCUT2D eigenvalue weighted by molar-refractivity contribution is 7.46. The molecular weight excluding hydrogens is 1520 g/mol. The predicted octanol–water partition coefficient (Wildman–Crippen LogP) is 9.05. The number of aryl methyl sites for hydroxylation is 1. The van der Waals surface area contributed by atoms with Crippen LogP contribution in [0.25, 0.3) is 11.3 Å². The third-order valence-corrected chi connectivity index (χ3v) is 21.0. The number of amides is 4. The molecule has 4 amide bonds. The maximum atomic E-state index is 16.9. The lowest BCUT2D eigenvalue weighted by Gasteiger charge is -2.47. The molecule has 0 aliphatic carbocycles. The van der Waals surface area contributed by atoms with E-state index in [1.165, 1.54) is 70.6 Å². The number of aromatic nitrogens is 4. The van der Waals surface area contributed by atoms with Crippen LogP contribution in [0, 0.1) is 47.1 Å². The van der Waals surface area contributed by atoms with Gasteiger partial charge in [0.25, 0.3) is 5.91 Å². The lowest BCUT2D eigenvalue weighted by Crippen LogP contribution is -2.62. The Morgan fingerprint density at radius 3 is 1.88 bits per heavy atom. The number of phosphoric acid groups is 1. The molecule has 6 heterocycles. The molecule has 39 heteroatoms. The highest BCUT2D eigenvalue weighted by atomic mass is 31.2. The molecule has 28 nitrogen and oxygen atoms in total. The van der Waals surface area contributed by atoms with Crippen molar-refractivity contribution in [3.63, 3.8) is 0 Å². The first-order valence-electron chi connectivity index (χ1n) is 35.2. The fraction of sp³-hybridized carbons (Fsp3) is 0.534. The number of nitrogens with one attached hydrogen (secondary N) is 3. The molecule has 0 radical (unpaired) electrons. The number of likely N-dealkylation sites (tertiary alicyclic amines) is 1. The molecule has 5 aromatic rings. The molecule has 9 rings (SSSR count). The maximum absolute atomic E-state index is 16.9. The van der Waals surface area contributed by atoms with Gasteiger partial charge in [0.1, 0.15) is 41.6 Å². The summed E-state index contributed by atoms with van der Waals surface area (Å²) in [5.74, 6) is -6.16. The van der Waals surface area contributed by atoms with Crippen molar-refractivity contribution in [3.05, 3.63) is 124 Å². The number of carbonyl (C=O) groups is 7. The fourth-order valence-electron chi connectivity index (χ4n) is 14.3. The number of methoxy groups -OCH3 is 3. The van der Waals surface area contributed by atoms with Crippen molar-refractivity contribution >= 4 is 55.5 Å². The number of phosphoric ester groups is 1. The molecule has 2 aromatic heterocycles. The van der Waals surface area contributed by atoms with Crippen LogP contribution in [0.5, 0.6) is 5.75 Å². The summed E-state index contributed by atoms with van der Waals surface area (Å²) in [5, 5.41) is 18.0. The van der Waals surface area contributed by atoms with Crippen molar-refractivity contribution in [2.24, 2.45) is 16.7 Å². The summed E-state index contributed by atoms with van der Waals surface area (Å²) >= 11 is 0. The van der Waals surface area contributed by atoms with Crippen LogP contribution in [-0.4, -0.2) is 213 Å². The van der Waals surface area contributed by atoms with Gasteiger partial charge in [0.05, 0.1) is 81.1 Å². The van der Waals surface area contributed by atoms with E-state index in [0.29, 0.717) is 106 Å². The number of aliphatic carboxylic acids is 1. The number of hydrazine groups is 1. The molecule has 4 fully saturated rings. The number of esters is 1. The van der Waals surface area contributed by atoms with E-state index >= 15 is 44.7 Å². The van der Waals surface area contributed by atoms with Gasteiger partial charge < -0.3 is 53.7 Å². The molecule has 4 aliphatic heterocycles. The van der Waals surface area contributed by atoms with Crippen LogP contribution in [0.15, 0.2) is 73.2 Å². The molecule has 112 heavy (non-hydrogen) atoms. The average Bonchev–Trinajstić information content (AvgIpc) is 1.59. The number of hydrogen-bond donors (Lipinski definition) is 6. The minimum absolute atomic E-state index is 0.109. The van der Waals surface area contributed by atoms with E-state index < -0.39 is 194 Å². The van der Waals surface area contributed by atoms with Crippen LogP contribution in [-0.2, 0) is 77.0 Å². The van der Waals surface area contributed by atoms with E-state index in [-0.39, 0.29) is 39.9 Å². The SMILES string of the molecule is COC(=O)N[C@H](C(=O)C[C@@H](Cc1ccc(C#Cc2cnc(N3CC4CCC(C3)N4C3COC3)nc2)cc1)[C@H](CN(Cc1c(F)cc(-c2ccn(C(F)F)n2)cc1F)NC(=O)[C@@H](NC(=O)OC)C(C)(C)C(F)(F)F)OC(=O)CC(C)(C)c1c(CC(=O)N2C[C@H](OC)C[C@H]2C(=O)O)cc(C)cc1OP(=O)(O)O)C(C)(C)C(F)(F)F. The van der Waals surface area contributed by atoms with E-state index in [1.807, 2.05) is 5.32 Å². The number of hydrogen-bond acceptors (Lipinski definition) is 20. The predicted molar refractivity (Wildman–Crippen MR) is 376 cm³/mol. The minimum Gasteiger partial charge on any atom is -0.480 e. The van der Waals surface area contributed by atoms with Crippen LogP contribution in [0.4, 0.5) is 59.4 Å². The summed E-state index contributed by atoms with van der Waals surface area (Å²) in [5.41, 5.74) is -7.65. The molecule has 610 valence electrons. The summed E-state index contributed by atoms with van der Waals surface area (Å²) in [7, 11) is -2.81. The van der Waals surface area contributed by atoms with Gasteiger partial charge >= 0.3 is 50.8 Å². The van der Waals surface area contributed by atoms with E-state index in [4.69, 9.17) is 18.7 Å². The van der Waals surface area contributed by atoms with Gasteiger partial charge in [-0.05, 0) is 107 Å². The summed E-state index contributed by atoms with van der Waals surface area (Å²) in [6, 6.07) is 4.64. The van der Waals surface area contributed by atoms with Gasteiger partial charge in [-0.25, -0.2) is 47.4 Å². The molecule has 0 saturated carbocycles. The van der Waals surface area contributed by atoms with Gasteiger partial charge in [-0.15, -0.1) is 0 Å². The summed E-state index contributed by atoms with van der Waals surface area (Å²) in [6.45, 7) is 2.74. The topological polar surface area (TPSA) is 345 Å². The quantitative estimate of drug-likeness (QED) is 0.00623. The number of benzene rings is 3. The maximum Gasteiger partial charge on any atom is 0.524 e. The van der Waals surface area contributed by atoms with Crippen molar-refractivity contribution in [2.45, 2.75) is 173 Å². The van der Waals surface area contributed by atoms with Gasteiger partial charge in [-0.3, -0.25) is 39.3 Å². The molecule has 8 atom stereocenters. The summed E-state index contributed by atoms with van der Waals surface area (Å²) < 4.78 is 197. The Hall–Kier alpha value is -9.51. The number of rotatable bonds is 30. The largest absolute Gasteiger partial charge is 0.524 e. The fourth-order valence-corrected chi connectivity index (χ4v) is 14.7. The lowest BCUT2D eigenvalue weighted by atomic mass is 9.77. The van der Waals surface area contributed by atoms with E-state index in [0.717, 1.165) is 50.3 Å². The Bertz CT molecular complexity index is 4360. The normalized spacial score (nSPS) is 18.9. The Morgan fingerprint density at radius 2 is 1.36 bits per heavy atom. The molecule has 4 aliphatic rings. The highest BCUT2D eigenvalue weighted by Crippen LogP contribution is 2.48. The first-order valence-corrected chi connectivity index (χ1v) is 36.7. The number of Topliss-reactive ketones (excluding diaryl/α,β-unsaturated/α-hetero) is 1. The number of anilines is 1. The van der Waals surface area contributed by atoms with Gasteiger partial charge in [0, 0.05) is 110 Å². The van der Waals surface area contributed by atoms with E-state index in [1.54, 1.807) is 5.32 Å². The van der Waals surface area contributed by atoms with Crippen LogP contribution in [0.3, 0.4) is 0 Å². The number of nitrogens with zero attached hydrogens (tertiary/aromatic N) is 8. The van der Waals surface area contributed by atoms with Crippen molar-refractivity contribution in [1.82, 2.24) is 50.6 Å². The smallest absolute Gasteiger partial charge is 0.480 e. The number of piperazine rings is 1. The molecule has 2 bridgehead atoms. The zero-order chi connectivity index (χ0) is 82.5. The first-order chi connectivity index (χ1) is 52.3. The second-order valence-electron chi connectivity index (χ2n) is 29.7. The van der Waals surface area contributed by atoms with Crippen LogP contribution in [0.1, 0.15) is 119 Å². The number of ether oxygens (including phenoxy) is 5. The van der Waals surface area contributed by atoms with E-state index in [2.05, 4.69) is 51.6 Å². The average molecular weight is 1610 g/mol. The number of carbonyl (C=O) groups excluding carboxylic acids is 6. The number of halogens is 10. The second kappa shape index (κ2) is 34.8. The molecule has 3 aromatic carbocycles. The molecule has 4 saturated heterocycles. The number of carboxylic acids is 1. The van der Waals surface area contributed by atoms with Gasteiger partial charge in [-0.1, -0.05) is 43.9 Å². The third-order valence-electron chi connectivity index (χ3n) is 20.6. The number of alkyl carbamates (subject to hydrolysis) is 2. The molecular formula is C73H86F10N11O17P. The molecule has 0 spiro atoms. The van der Waals surface area contributed by atoms with Crippen LogP contribution in [0.2, 0.25) is 0 Å². The minimum atomic E-state index is -5.61. The number of carboxylic acid groups (broad SMARTS) is 1. The Labute approximate surface area is 636 Å². The van der Waals surface area contributed by atoms with Gasteiger partial charge in [0.15, 0.2) is 5.78 Å². The lowest BCUT2D eigenvalue weighted by molar-refractivity contribution is -0.221. The second-order valence-corrected chi connectivity index (χ2v) is 30.9. The van der Waals surface area contributed by atoms with Gasteiger partial charge in [-0.2, -0.15) is 40.2 Å². The number of fused-ring (bicyclic) bond motifs is 2. The number of ketones is 1. The van der Waals surface area contributed by atoms with Crippen molar-refractivity contribution in [3.8, 4) is 28.8 Å². The zero-order valence-electron chi connectivity index (χ0n) is 62.5. The third kappa shape index (κ3) is 20.6. The zero-order valence-corrected chi connectivity index (χ0v) is 63.4. The Kier molecular flexibility index (Phi) is 26.9. The first kappa shape index (κ1) is 86.5. The Morgan fingerprint density at radius 1 is 0.777 bits per heavy atom. The summed E-state index contributed by atoms with van der Waals surface area (Å²) in [6.07, 6.45) is -14.8. The summed E-state index contributed by atoms with van der Waals surface area (Å²) in [4.78, 5) is 134. The van der Waals surface area contributed by atoms with Crippen molar-refractivity contribution < 1.29 is 125 Å². The van der Waals surface area contributed by atoms with Crippen molar-refractivity contribution in [1.29, 1.82) is 0 Å². The number of alkyl halides is 8. The molecule has 6 N–H and O–H groups in total. The Balaban J connectivity index is 1.17. The van der Waals surface area contributed by atoms with E-state index in [9.17, 15) is 52.2 Å². The van der Waals surface area contributed by atoms with Crippen LogP contribution >= 0.6 is 7.82 Å². The van der Waals surface area contributed by atoms with Gasteiger partial charge in [0.2, 0.25) is 11.9 Å². The van der Waals surface area contributed by atoms with Crippen molar-refractivity contribution in [2.75, 3.05) is 65.6 Å². The molecule has 2 unspecified atom stereocenters.